The van der Waals surface area contributed by atoms with Crippen LogP contribution in [0, 0.1) is 0 Å². The van der Waals surface area contributed by atoms with Crippen LogP contribution in [0.5, 0.6) is 0 Å². The van der Waals surface area contributed by atoms with Crippen molar-refractivity contribution in [1.82, 2.24) is 0 Å². The fraction of sp³-hybridized carbons (Fsp3) is 0.653. The van der Waals surface area contributed by atoms with Crippen LogP contribution < -0.4 is 0 Å². The number of ether oxygens (including phenoxy) is 3. The second-order valence-corrected chi connectivity index (χ2v) is 20.9. The van der Waals surface area contributed by atoms with E-state index in [9.17, 15) is 14.4 Å². The van der Waals surface area contributed by atoms with Crippen molar-refractivity contribution in [2.24, 2.45) is 0 Å². The Morgan fingerprint density at radius 3 is 0.859 bits per heavy atom. The van der Waals surface area contributed by atoms with Crippen molar-refractivity contribution in [2.45, 2.75) is 290 Å². The molecular formula is C72H118O6. The first kappa shape index (κ1) is 73.5. The van der Waals surface area contributed by atoms with Crippen molar-refractivity contribution in [3.05, 3.63) is 134 Å². The monoisotopic (exact) mass is 1080 g/mol. The molecule has 78 heavy (non-hydrogen) atoms. The van der Waals surface area contributed by atoms with Gasteiger partial charge < -0.3 is 14.2 Å². The van der Waals surface area contributed by atoms with E-state index < -0.39 is 6.10 Å². The Kier molecular flexibility index (Phi) is 61.4. The van der Waals surface area contributed by atoms with Crippen LogP contribution in [0.25, 0.3) is 0 Å². The summed E-state index contributed by atoms with van der Waals surface area (Å²) in [6, 6.07) is 0. The molecule has 1 unspecified atom stereocenters. The predicted octanol–water partition coefficient (Wildman–Crippen LogP) is 22.2. The van der Waals surface area contributed by atoms with E-state index in [2.05, 4.69) is 154 Å². The lowest BCUT2D eigenvalue weighted by atomic mass is 10.0. The number of unbranched alkanes of at least 4 members (excludes halogenated alkanes) is 24. The van der Waals surface area contributed by atoms with E-state index >= 15 is 0 Å². The Morgan fingerprint density at radius 2 is 0.513 bits per heavy atom. The fourth-order valence-electron chi connectivity index (χ4n) is 8.59. The number of hydrogen-bond acceptors (Lipinski definition) is 6. The van der Waals surface area contributed by atoms with Gasteiger partial charge in [0.05, 0.1) is 0 Å². The molecule has 442 valence electrons. The number of carbonyl (C=O) groups is 3. The molecule has 0 saturated carbocycles. The SMILES string of the molecule is CC/C=C\C/C=C\C/C=C\C/C=C\C/C=C\C/C=C\C/C=C\C/C=C\C/C=C\CCCC(=O)OCC(COC(=O)CCCCCCC/C=C\C/C=C\CCCCC)OC(=O)CCCCCCCCCCCCCCCCCC. The molecule has 0 spiro atoms. The smallest absolute Gasteiger partial charge is 0.306 e. The van der Waals surface area contributed by atoms with Crippen LogP contribution in [0.2, 0.25) is 0 Å². The molecular weight excluding hydrogens is 961 g/mol. The zero-order chi connectivity index (χ0) is 56.4. The van der Waals surface area contributed by atoms with Gasteiger partial charge >= 0.3 is 17.9 Å². The zero-order valence-electron chi connectivity index (χ0n) is 50.6. The summed E-state index contributed by atoms with van der Waals surface area (Å²) in [6.07, 6.45) is 91.7. The summed E-state index contributed by atoms with van der Waals surface area (Å²) in [5, 5.41) is 0. The minimum atomic E-state index is -0.811. The van der Waals surface area contributed by atoms with Gasteiger partial charge in [0, 0.05) is 19.3 Å². The minimum absolute atomic E-state index is 0.105. The normalized spacial score (nSPS) is 13.0. The van der Waals surface area contributed by atoms with E-state index in [4.69, 9.17) is 14.2 Å². The van der Waals surface area contributed by atoms with E-state index in [0.717, 1.165) is 128 Å². The summed E-state index contributed by atoms with van der Waals surface area (Å²) in [7, 11) is 0. The van der Waals surface area contributed by atoms with Gasteiger partial charge in [-0.1, -0.05) is 283 Å². The average Bonchev–Trinajstić information content (AvgIpc) is 3.44. The molecule has 0 radical (unpaired) electrons. The first-order chi connectivity index (χ1) is 38.5. The minimum Gasteiger partial charge on any atom is -0.462 e. The van der Waals surface area contributed by atoms with Crippen LogP contribution in [0.1, 0.15) is 284 Å². The first-order valence-corrected chi connectivity index (χ1v) is 32.2. The maximum atomic E-state index is 12.9. The Morgan fingerprint density at radius 1 is 0.269 bits per heavy atom. The molecule has 0 aliphatic heterocycles. The molecule has 0 aliphatic rings. The number of esters is 3. The highest BCUT2D eigenvalue weighted by Gasteiger charge is 2.19. The van der Waals surface area contributed by atoms with Crippen LogP contribution in [0.4, 0.5) is 0 Å². The van der Waals surface area contributed by atoms with Gasteiger partial charge in [0.2, 0.25) is 0 Å². The highest BCUT2D eigenvalue weighted by atomic mass is 16.6. The van der Waals surface area contributed by atoms with E-state index in [-0.39, 0.29) is 37.5 Å². The molecule has 0 rings (SSSR count). The van der Waals surface area contributed by atoms with Gasteiger partial charge in [-0.25, -0.2) is 0 Å². The van der Waals surface area contributed by atoms with Gasteiger partial charge in [0.1, 0.15) is 13.2 Å². The lowest BCUT2D eigenvalue weighted by molar-refractivity contribution is -0.167. The lowest BCUT2D eigenvalue weighted by Gasteiger charge is -2.18. The van der Waals surface area contributed by atoms with Crippen LogP contribution in [-0.4, -0.2) is 37.2 Å². The van der Waals surface area contributed by atoms with Crippen molar-refractivity contribution < 1.29 is 28.6 Å². The molecule has 0 heterocycles. The maximum Gasteiger partial charge on any atom is 0.306 e. The summed E-state index contributed by atoms with van der Waals surface area (Å²) < 4.78 is 16.9. The Labute approximate surface area is 481 Å². The number of carbonyl (C=O) groups excluding carboxylic acids is 3. The highest BCUT2D eigenvalue weighted by molar-refractivity contribution is 5.71. The van der Waals surface area contributed by atoms with Gasteiger partial charge in [0.25, 0.3) is 0 Å². The quantitative estimate of drug-likeness (QED) is 0.0261. The number of allylic oxidation sites excluding steroid dienone is 22. The second kappa shape index (κ2) is 65.1. The van der Waals surface area contributed by atoms with Crippen molar-refractivity contribution >= 4 is 17.9 Å². The van der Waals surface area contributed by atoms with Crippen molar-refractivity contribution in [2.75, 3.05) is 13.2 Å². The molecule has 0 amide bonds. The molecule has 0 aromatic heterocycles. The molecule has 0 bridgehead atoms. The van der Waals surface area contributed by atoms with Crippen molar-refractivity contribution in [3.63, 3.8) is 0 Å². The third-order valence-corrected chi connectivity index (χ3v) is 13.4. The van der Waals surface area contributed by atoms with Crippen LogP contribution in [-0.2, 0) is 28.6 Å². The molecule has 6 heteroatoms. The lowest BCUT2D eigenvalue weighted by Crippen LogP contribution is -2.30. The highest BCUT2D eigenvalue weighted by Crippen LogP contribution is 2.16. The summed E-state index contributed by atoms with van der Waals surface area (Å²) in [6.45, 7) is 6.45. The Hall–Kier alpha value is -4.45. The molecule has 0 aromatic rings. The molecule has 6 nitrogen and oxygen atoms in total. The summed E-state index contributed by atoms with van der Waals surface area (Å²) in [4.78, 5) is 38.3. The summed E-state index contributed by atoms with van der Waals surface area (Å²) in [5.41, 5.74) is 0. The fourth-order valence-corrected chi connectivity index (χ4v) is 8.59. The van der Waals surface area contributed by atoms with E-state index in [1.807, 2.05) is 0 Å². The zero-order valence-corrected chi connectivity index (χ0v) is 50.6. The topological polar surface area (TPSA) is 78.9 Å². The Balaban J connectivity index is 4.46. The van der Waals surface area contributed by atoms with Crippen LogP contribution in [0.15, 0.2) is 134 Å². The largest absolute Gasteiger partial charge is 0.462 e. The average molecular weight is 1080 g/mol. The second-order valence-electron chi connectivity index (χ2n) is 20.9. The van der Waals surface area contributed by atoms with Gasteiger partial charge in [-0.15, -0.1) is 0 Å². The van der Waals surface area contributed by atoms with Gasteiger partial charge in [-0.05, 0) is 116 Å². The third kappa shape index (κ3) is 62.4. The van der Waals surface area contributed by atoms with Crippen LogP contribution in [0.3, 0.4) is 0 Å². The molecule has 0 fully saturated rings. The van der Waals surface area contributed by atoms with E-state index in [0.29, 0.717) is 19.3 Å². The van der Waals surface area contributed by atoms with Crippen LogP contribution >= 0.6 is 0 Å². The molecule has 0 aliphatic carbocycles. The summed E-state index contributed by atoms with van der Waals surface area (Å²) >= 11 is 0. The van der Waals surface area contributed by atoms with Gasteiger partial charge in [0.15, 0.2) is 6.10 Å². The molecule has 0 saturated heterocycles. The maximum absolute atomic E-state index is 12.9. The number of rotatable bonds is 57. The third-order valence-electron chi connectivity index (χ3n) is 13.4. The Bertz CT molecular complexity index is 1670. The molecule has 0 aromatic carbocycles. The van der Waals surface area contributed by atoms with E-state index in [1.54, 1.807) is 0 Å². The molecule has 0 N–H and O–H groups in total. The van der Waals surface area contributed by atoms with Gasteiger partial charge in [-0.3, -0.25) is 14.4 Å². The van der Waals surface area contributed by atoms with Crippen molar-refractivity contribution in [1.29, 1.82) is 0 Å². The molecule has 1 atom stereocenters. The van der Waals surface area contributed by atoms with Gasteiger partial charge in [-0.2, -0.15) is 0 Å². The summed E-state index contributed by atoms with van der Waals surface area (Å²) in [5.74, 6) is -0.975. The predicted molar refractivity (Wildman–Crippen MR) is 339 cm³/mol. The van der Waals surface area contributed by atoms with E-state index in [1.165, 1.54) is 109 Å². The standard InChI is InChI=1S/C72H118O6/c1-4-7-10-13-16-19-22-25-28-30-31-32-33-34-35-36-37-38-39-40-41-42-45-47-50-53-56-59-62-65-71(74)77-68-69(67-76-70(73)64-61-58-55-52-49-46-43-27-24-21-18-15-12-9-6-3)78-72(75)66-63-60-57-54-51-48-44-29-26-23-20-17-14-11-8-5-2/h7,10,16,18-19,21,25,27-28,31-32,34-35,37-38,40-41,43,45,47,53,56,69H,4-6,8-9,11-15,17,20,22-24,26,29-30,33,36,39,42,44,46,48-52,54-55,57-68H2,1-3H3/b10-7-,19-16-,21-18-,28-25-,32-31-,35-34-,38-37-,41-40-,43-27-,47-45-,56-53-. The first-order valence-electron chi connectivity index (χ1n) is 32.2. The van der Waals surface area contributed by atoms with Crippen molar-refractivity contribution in [3.8, 4) is 0 Å². The number of hydrogen-bond donors (Lipinski definition) is 0.